The summed E-state index contributed by atoms with van der Waals surface area (Å²) in [7, 11) is 0. The predicted octanol–water partition coefficient (Wildman–Crippen LogP) is 2.51. The summed E-state index contributed by atoms with van der Waals surface area (Å²) >= 11 is 0. The van der Waals surface area contributed by atoms with Crippen molar-refractivity contribution >= 4 is 17.5 Å². The largest absolute Gasteiger partial charge is 0.338 e. The Labute approximate surface area is 119 Å². The number of allylic oxidation sites excluding steroid dienone is 1. The number of benzene rings is 1. The first-order chi connectivity index (χ1) is 9.33. The molecule has 1 aliphatic heterocycles. The quantitative estimate of drug-likeness (QED) is 0.841. The minimum Gasteiger partial charge on any atom is -0.338 e. The van der Waals surface area contributed by atoms with Crippen molar-refractivity contribution in [2.75, 3.05) is 11.4 Å². The van der Waals surface area contributed by atoms with Crippen LogP contribution >= 0.6 is 0 Å². The van der Waals surface area contributed by atoms with E-state index >= 15 is 0 Å². The SMILES string of the molecule is CC(C)=CCN1C(=O)C(C)(C)NC(=O)c2ccccc21. The van der Waals surface area contributed by atoms with Crippen LogP contribution in [0.25, 0.3) is 0 Å². The van der Waals surface area contributed by atoms with Gasteiger partial charge in [0.05, 0.1) is 11.3 Å². The van der Waals surface area contributed by atoms with Gasteiger partial charge in [0.2, 0.25) is 0 Å². The highest BCUT2D eigenvalue weighted by Gasteiger charge is 2.38. The lowest BCUT2D eigenvalue weighted by Gasteiger charge is -2.28. The molecule has 0 radical (unpaired) electrons. The number of hydrogen-bond donors (Lipinski definition) is 1. The van der Waals surface area contributed by atoms with Crippen molar-refractivity contribution in [1.29, 1.82) is 0 Å². The van der Waals surface area contributed by atoms with Gasteiger partial charge in [-0.05, 0) is 39.8 Å². The molecule has 0 saturated heterocycles. The topological polar surface area (TPSA) is 49.4 Å². The van der Waals surface area contributed by atoms with Crippen LogP contribution in [0.15, 0.2) is 35.9 Å². The Hall–Kier alpha value is -2.10. The summed E-state index contributed by atoms with van der Waals surface area (Å²) in [6.07, 6.45) is 1.99. The van der Waals surface area contributed by atoms with E-state index in [2.05, 4.69) is 5.32 Å². The number of fused-ring (bicyclic) bond motifs is 1. The lowest BCUT2D eigenvalue weighted by atomic mass is 10.0. The Morgan fingerprint density at radius 3 is 2.55 bits per heavy atom. The second-order valence-corrected chi connectivity index (χ2v) is 5.79. The van der Waals surface area contributed by atoms with Gasteiger partial charge in [-0.3, -0.25) is 9.59 Å². The highest BCUT2D eigenvalue weighted by molar-refractivity contribution is 6.12. The highest BCUT2D eigenvalue weighted by atomic mass is 16.2. The van der Waals surface area contributed by atoms with E-state index in [4.69, 9.17) is 0 Å². The monoisotopic (exact) mass is 272 g/mol. The second kappa shape index (κ2) is 5.12. The van der Waals surface area contributed by atoms with E-state index in [1.807, 2.05) is 32.1 Å². The molecule has 1 aromatic rings. The molecule has 0 aliphatic carbocycles. The average molecular weight is 272 g/mol. The molecular weight excluding hydrogens is 252 g/mol. The normalized spacial score (nSPS) is 17.1. The molecule has 0 spiro atoms. The first-order valence-electron chi connectivity index (χ1n) is 6.70. The summed E-state index contributed by atoms with van der Waals surface area (Å²) in [6, 6.07) is 7.20. The van der Waals surface area contributed by atoms with Gasteiger partial charge in [-0.1, -0.05) is 23.8 Å². The van der Waals surface area contributed by atoms with E-state index in [0.717, 1.165) is 5.57 Å². The van der Waals surface area contributed by atoms with Gasteiger partial charge in [0.15, 0.2) is 0 Å². The summed E-state index contributed by atoms with van der Waals surface area (Å²) in [5, 5.41) is 2.79. The summed E-state index contributed by atoms with van der Waals surface area (Å²) in [6.45, 7) is 7.91. The second-order valence-electron chi connectivity index (χ2n) is 5.79. The number of carbonyl (C=O) groups is 2. The van der Waals surface area contributed by atoms with Crippen molar-refractivity contribution in [2.24, 2.45) is 0 Å². The fourth-order valence-corrected chi connectivity index (χ4v) is 2.21. The fourth-order valence-electron chi connectivity index (χ4n) is 2.21. The number of anilines is 1. The minimum atomic E-state index is -0.911. The molecule has 0 aromatic heterocycles. The first-order valence-corrected chi connectivity index (χ1v) is 6.70. The van der Waals surface area contributed by atoms with E-state index in [9.17, 15) is 9.59 Å². The van der Waals surface area contributed by atoms with Gasteiger partial charge >= 0.3 is 0 Å². The number of para-hydroxylation sites is 1. The Morgan fingerprint density at radius 2 is 1.90 bits per heavy atom. The third-order valence-corrected chi connectivity index (χ3v) is 3.33. The van der Waals surface area contributed by atoms with Gasteiger partial charge < -0.3 is 10.2 Å². The van der Waals surface area contributed by atoms with Crippen LogP contribution in [0.4, 0.5) is 5.69 Å². The smallest absolute Gasteiger partial charge is 0.254 e. The zero-order valence-electron chi connectivity index (χ0n) is 12.4. The zero-order valence-corrected chi connectivity index (χ0v) is 12.4. The molecular formula is C16H20N2O2. The van der Waals surface area contributed by atoms with Crippen LogP contribution in [0.5, 0.6) is 0 Å². The molecule has 0 saturated carbocycles. The van der Waals surface area contributed by atoms with E-state index in [1.54, 1.807) is 30.9 Å². The molecule has 1 aromatic carbocycles. The van der Waals surface area contributed by atoms with Gasteiger partial charge in [0.1, 0.15) is 5.54 Å². The van der Waals surface area contributed by atoms with Crippen molar-refractivity contribution in [3.05, 3.63) is 41.5 Å². The molecule has 0 atom stereocenters. The molecule has 0 fully saturated rings. The lowest BCUT2D eigenvalue weighted by Crippen LogP contribution is -2.53. The number of nitrogens with one attached hydrogen (secondary N) is 1. The molecule has 0 bridgehead atoms. The van der Waals surface area contributed by atoms with Crippen molar-refractivity contribution in [2.45, 2.75) is 33.2 Å². The van der Waals surface area contributed by atoms with Crippen LogP contribution in [0.1, 0.15) is 38.1 Å². The van der Waals surface area contributed by atoms with Crippen LogP contribution < -0.4 is 10.2 Å². The van der Waals surface area contributed by atoms with Gasteiger partial charge in [0, 0.05) is 6.54 Å². The summed E-state index contributed by atoms with van der Waals surface area (Å²) in [5.74, 6) is -0.313. The molecule has 2 rings (SSSR count). The van der Waals surface area contributed by atoms with E-state index < -0.39 is 5.54 Å². The van der Waals surface area contributed by atoms with Crippen molar-refractivity contribution in [3.63, 3.8) is 0 Å². The average Bonchev–Trinajstić information content (AvgIpc) is 2.44. The number of rotatable bonds is 2. The molecule has 1 heterocycles. The fraction of sp³-hybridized carbons (Fsp3) is 0.375. The molecule has 20 heavy (non-hydrogen) atoms. The molecule has 1 aliphatic rings. The van der Waals surface area contributed by atoms with Crippen LogP contribution in [0, 0.1) is 0 Å². The summed E-state index contributed by atoms with van der Waals surface area (Å²) < 4.78 is 0. The molecule has 4 heteroatoms. The number of amides is 2. The van der Waals surface area contributed by atoms with Crippen molar-refractivity contribution in [3.8, 4) is 0 Å². The minimum absolute atomic E-state index is 0.103. The number of carbonyl (C=O) groups excluding carboxylic acids is 2. The predicted molar refractivity (Wildman–Crippen MR) is 79.8 cm³/mol. The van der Waals surface area contributed by atoms with Crippen molar-refractivity contribution < 1.29 is 9.59 Å². The van der Waals surface area contributed by atoms with Gasteiger partial charge in [-0.2, -0.15) is 0 Å². The molecule has 106 valence electrons. The number of hydrogen-bond acceptors (Lipinski definition) is 2. The molecule has 1 N–H and O–H groups in total. The van der Waals surface area contributed by atoms with Gasteiger partial charge in [-0.15, -0.1) is 0 Å². The molecule has 4 nitrogen and oxygen atoms in total. The van der Waals surface area contributed by atoms with Crippen LogP contribution in [-0.2, 0) is 4.79 Å². The summed E-state index contributed by atoms with van der Waals surface area (Å²) in [4.78, 5) is 26.6. The standard InChI is InChI=1S/C16H20N2O2/c1-11(2)9-10-18-13-8-6-5-7-12(13)14(19)17-16(3,4)15(18)20/h5-9H,10H2,1-4H3,(H,17,19). The Morgan fingerprint density at radius 1 is 1.25 bits per heavy atom. The first kappa shape index (κ1) is 14.3. The molecule has 2 amide bonds. The summed E-state index contributed by atoms with van der Waals surface area (Å²) in [5.41, 5.74) is 1.43. The van der Waals surface area contributed by atoms with Gasteiger partial charge in [-0.25, -0.2) is 0 Å². The third kappa shape index (κ3) is 2.59. The maximum atomic E-state index is 12.7. The van der Waals surface area contributed by atoms with E-state index in [-0.39, 0.29) is 11.8 Å². The van der Waals surface area contributed by atoms with E-state index in [1.165, 1.54) is 0 Å². The Bertz CT molecular complexity index is 584. The maximum Gasteiger partial charge on any atom is 0.254 e. The van der Waals surface area contributed by atoms with Crippen molar-refractivity contribution in [1.82, 2.24) is 5.32 Å². The van der Waals surface area contributed by atoms with Crippen LogP contribution in [0.2, 0.25) is 0 Å². The molecule has 0 unspecified atom stereocenters. The van der Waals surface area contributed by atoms with Crippen LogP contribution in [0.3, 0.4) is 0 Å². The Kier molecular flexibility index (Phi) is 3.66. The number of nitrogens with zero attached hydrogens (tertiary/aromatic N) is 1. The lowest BCUT2D eigenvalue weighted by molar-refractivity contribution is -0.123. The highest BCUT2D eigenvalue weighted by Crippen LogP contribution is 2.27. The third-order valence-electron chi connectivity index (χ3n) is 3.33. The Balaban J connectivity index is 2.54. The zero-order chi connectivity index (χ0) is 14.9. The maximum absolute atomic E-state index is 12.7. The van der Waals surface area contributed by atoms with Gasteiger partial charge in [0.25, 0.3) is 11.8 Å². The van der Waals surface area contributed by atoms with Crippen LogP contribution in [-0.4, -0.2) is 23.9 Å². The van der Waals surface area contributed by atoms with E-state index in [0.29, 0.717) is 17.8 Å².